The van der Waals surface area contributed by atoms with Gasteiger partial charge in [-0.3, -0.25) is 5.32 Å². The number of halogens is 2. The van der Waals surface area contributed by atoms with Crippen LogP contribution in [-0.2, 0) is 6.54 Å². The molecule has 0 unspecified atom stereocenters. The zero-order valence-corrected chi connectivity index (χ0v) is 13.3. The van der Waals surface area contributed by atoms with Crippen LogP contribution in [-0.4, -0.2) is 11.0 Å². The number of nitrogens with zero attached hydrogens (tertiary/aromatic N) is 2. The molecule has 2 N–H and O–H groups in total. The number of thiazole rings is 1. The summed E-state index contributed by atoms with van der Waals surface area (Å²) in [7, 11) is 0. The molecule has 23 heavy (non-hydrogen) atoms. The minimum atomic E-state index is -0.952. The summed E-state index contributed by atoms with van der Waals surface area (Å²) in [4.78, 5) is 16.9. The van der Waals surface area contributed by atoms with Gasteiger partial charge >= 0.3 is 6.03 Å². The fourth-order valence-corrected chi connectivity index (χ4v) is 2.69. The third-order valence-corrected chi connectivity index (χ3v) is 4.15. The fraction of sp³-hybridized carbons (Fsp3) is 0.267. The monoisotopic (exact) mass is 336 g/mol. The molecule has 0 fully saturated rings. The lowest BCUT2D eigenvalue weighted by Gasteiger charge is -2.09. The summed E-state index contributed by atoms with van der Waals surface area (Å²) >= 11 is 1.44. The van der Waals surface area contributed by atoms with Gasteiger partial charge in [0.15, 0.2) is 0 Å². The smallest absolute Gasteiger partial charge is 0.320 e. The lowest BCUT2D eigenvalue weighted by atomic mass is 10.1. The van der Waals surface area contributed by atoms with E-state index in [1.54, 1.807) is 5.51 Å². The Morgan fingerprint density at radius 1 is 1.39 bits per heavy atom. The van der Waals surface area contributed by atoms with Gasteiger partial charge in [-0.25, -0.2) is 18.6 Å². The number of anilines is 1. The SMILES string of the molecule is CC(C)c1scnc1NC(=O)NCc1cc(F)c(C#N)c(F)c1. The lowest BCUT2D eigenvalue weighted by Crippen LogP contribution is -2.28. The van der Waals surface area contributed by atoms with E-state index in [1.807, 2.05) is 13.8 Å². The van der Waals surface area contributed by atoms with E-state index in [2.05, 4.69) is 15.6 Å². The van der Waals surface area contributed by atoms with Crippen molar-refractivity contribution in [1.82, 2.24) is 10.3 Å². The summed E-state index contributed by atoms with van der Waals surface area (Å²) < 4.78 is 27.0. The third kappa shape index (κ3) is 4.02. The summed E-state index contributed by atoms with van der Waals surface area (Å²) in [6.45, 7) is 3.89. The molecule has 2 aromatic rings. The van der Waals surface area contributed by atoms with Gasteiger partial charge in [-0.1, -0.05) is 13.8 Å². The maximum absolute atomic E-state index is 13.5. The van der Waals surface area contributed by atoms with Gasteiger partial charge in [0.05, 0.1) is 10.4 Å². The first-order valence-electron chi connectivity index (χ1n) is 6.78. The number of hydrogen-bond donors (Lipinski definition) is 2. The van der Waals surface area contributed by atoms with Crippen LogP contribution in [0.3, 0.4) is 0 Å². The molecule has 0 saturated carbocycles. The molecule has 2 amide bonds. The summed E-state index contributed by atoms with van der Waals surface area (Å²) in [6, 6.07) is 2.96. The van der Waals surface area contributed by atoms with Crippen molar-refractivity contribution in [3.8, 4) is 6.07 Å². The van der Waals surface area contributed by atoms with Gasteiger partial charge in [-0.15, -0.1) is 11.3 Å². The predicted molar refractivity (Wildman–Crippen MR) is 83.1 cm³/mol. The van der Waals surface area contributed by atoms with Crippen molar-refractivity contribution in [2.45, 2.75) is 26.3 Å². The number of carbonyl (C=O) groups is 1. The van der Waals surface area contributed by atoms with E-state index in [1.165, 1.54) is 17.4 Å². The first-order valence-corrected chi connectivity index (χ1v) is 7.66. The molecule has 0 spiro atoms. The van der Waals surface area contributed by atoms with Crippen LogP contribution < -0.4 is 10.6 Å². The lowest BCUT2D eigenvalue weighted by molar-refractivity contribution is 0.251. The Hall–Kier alpha value is -2.53. The maximum Gasteiger partial charge on any atom is 0.320 e. The van der Waals surface area contributed by atoms with Gasteiger partial charge in [-0.05, 0) is 23.6 Å². The van der Waals surface area contributed by atoms with Crippen LogP contribution >= 0.6 is 11.3 Å². The quantitative estimate of drug-likeness (QED) is 0.893. The Morgan fingerprint density at radius 3 is 2.61 bits per heavy atom. The summed E-state index contributed by atoms with van der Waals surface area (Å²) in [5.41, 5.74) is 1.22. The molecular weight excluding hydrogens is 322 g/mol. The van der Waals surface area contributed by atoms with E-state index < -0.39 is 23.2 Å². The first-order chi connectivity index (χ1) is 10.9. The van der Waals surface area contributed by atoms with Crippen LogP contribution in [0.4, 0.5) is 19.4 Å². The van der Waals surface area contributed by atoms with Gasteiger partial charge < -0.3 is 5.32 Å². The van der Waals surface area contributed by atoms with Crippen molar-refractivity contribution in [1.29, 1.82) is 5.26 Å². The molecule has 8 heteroatoms. The van der Waals surface area contributed by atoms with Crippen molar-refractivity contribution >= 4 is 23.2 Å². The van der Waals surface area contributed by atoms with Gasteiger partial charge in [-0.2, -0.15) is 5.26 Å². The molecule has 0 atom stereocenters. The van der Waals surface area contributed by atoms with Crippen molar-refractivity contribution in [2.75, 3.05) is 5.32 Å². The molecule has 1 heterocycles. The second-order valence-corrected chi connectivity index (χ2v) is 5.96. The topological polar surface area (TPSA) is 77.8 Å². The number of urea groups is 1. The second kappa shape index (κ2) is 7.15. The molecule has 0 saturated heterocycles. The van der Waals surface area contributed by atoms with Gasteiger partial charge in [0, 0.05) is 6.54 Å². The van der Waals surface area contributed by atoms with Crippen molar-refractivity contribution in [3.63, 3.8) is 0 Å². The third-order valence-electron chi connectivity index (χ3n) is 3.02. The van der Waals surface area contributed by atoms with Crippen molar-refractivity contribution in [3.05, 3.63) is 45.3 Å². The van der Waals surface area contributed by atoms with Crippen LogP contribution in [0.15, 0.2) is 17.6 Å². The van der Waals surface area contributed by atoms with Gasteiger partial charge in [0.2, 0.25) is 0 Å². The Bertz CT molecular complexity index is 744. The number of benzene rings is 1. The standard InChI is InChI=1S/C15H14F2N4OS/c1-8(2)13-14(20-7-23-13)21-15(22)19-6-9-3-11(16)10(5-18)12(17)4-9/h3-4,7-8H,6H2,1-2H3,(H2,19,21,22). The Morgan fingerprint density at radius 2 is 2.04 bits per heavy atom. The van der Waals surface area contributed by atoms with E-state index in [0.29, 0.717) is 5.82 Å². The largest absolute Gasteiger partial charge is 0.334 e. The van der Waals surface area contributed by atoms with E-state index in [0.717, 1.165) is 17.0 Å². The van der Waals surface area contributed by atoms with Crippen molar-refractivity contribution in [2.24, 2.45) is 0 Å². The highest BCUT2D eigenvalue weighted by Crippen LogP contribution is 2.27. The minimum Gasteiger partial charge on any atom is -0.334 e. The highest BCUT2D eigenvalue weighted by atomic mass is 32.1. The maximum atomic E-state index is 13.5. The summed E-state index contributed by atoms with van der Waals surface area (Å²) in [5, 5.41) is 13.7. The Balaban J connectivity index is 2.00. The van der Waals surface area contributed by atoms with Gasteiger partial charge in [0.25, 0.3) is 0 Å². The molecule has 0 aliphatic rings. The van der Waals surface area contributed by atoms with Crippen molar-refractivity contribution < 1.29 is 13.6 Å². The minimum absolute atomic E-state index is 0.0769. The number of nitrogens with one attached hydrogen (secondary N) is 2. The molecular formula is C15H14F2N4OS. The van der Waals surface area contributed by atoms with E-state index in [-0.39, 0.29) is 18.0 Å². The number of nitriles is 1. The number of carbonyl (C=O) groups excluding carboxylic acids is 1. The predicted octanol–water partition coefficient (Wildman–Crippen LogP) is 3.74. The molecule has 2 rings (SSSR count). The Kier molecular flexibility index (Phi) is 5.24. The summed E-state index contributed by atoms with van der Waals surface area (Å²) in [6.07, 6.45) is 0. The molecule has 0 aliphatic heterocycles. The highest BCUT2D eigenvalue weighted by Gasteiger charge is 2.14. The normalized spacial score (nSPS) is 10.4. The van der Waals surface area contributed by atoms with E-state index in [4.69, 9.17) is 5.26 Å². The van der Waals surface area contributed by atoms with E-state index >= 15 is 0 Å². The van der Waals surface area contributed by atoms with Gasteiger partial charge in [0.1, 0.15) is 29.1 Å². The first kappa shape index (κ1) is 16.8. The molecule has 0 radical (unpaired) electrons. The number of hydrogen-bond acceptors (Lipinski definition) is 4. The zero-order valence-electron chi connectivity index (χ0n) is 12.5. The summed E-state index contributed by atoms with van der Waals surface area (Å²) in [5.74, 6) is -1.21. The number of aromatic nitrogens is 1. The van der Waals surface area contributed by atoms with Crippen LogP contribution in [0.25, 0.3) is 0 Å². The van der Waals surface area contributed by atoms with Crippen LogP contribution in [0, 0.1) is 23.0 Å². The molecule has 0 aliphatic carbocycles. The van der Waals surface area contributed by atoms with E-state index in [9.17, 15) is 13.6 Å². The number of rotatable bonds is 4. The Labute approximate surface area is 136 Å². The molecule has 1 aromatic heterocycles. The average Bonchev–Trinajstić information content (AvgIpc) is 2.93. The molecule has 5 nitrogen and oxygen atoms in total. The highest BCUT2D eigenvalue weighted by molar-refractivity contribution is 7.10. The molecule has 0 bridgehead atoms. The van der Waals surface area contributed by atoms with Crippen LogP contribution in [0.1, 0.15) is 35.8 Å². The van der Waals surface area contributed by atoms with Crippen LogP contribution in [0.5, 0.6) is 0 Å². The fourth-order valence-electron chi connectivity index (χ4n) is 1.93. The van der Waals surface area contributed by atoms with Crippen LogP contribution in [0.2, 0.25) is 0 Å². The number of amides is 2. The molecule has 120 valence electrons. The zero-order chi connectivity index (χ0) is 17.0. The second-order valence-electron chi connectivity index (χ2n) is 5.07. The average molecular weight is 336 g/mol. The molecule has 1 aromatic carbocycles.